The smallest absolute Gasteiger partial charge is 0.411 e. The van der Waals surface area contributed by atoms with E-state index in [-0.39, 0.29) is 19.3 Å². The number of amides is 2. The molecule has 0 radical (unpaired) electrons. The molecular weight excluding hydrogens is 418 g/mol. The Labute approximate surface area is 193 Å². The summed E-state index contributed by atoms with van der Waals surface area (Å²) in [5.41, 5.74) is 3.61. The summed E-state index contributed by atoms with van der Waals surface area (Å²) < 4.78 is 10.7. The first-order valence-electron chi connectivity index (χ1n) is 11.0. The van der Waals surface area contributed by atoms with E-state index in [1.54, 1.807) is 4.90 Å². The molecule has 7 nitrogen and oxygen atoms in total. The number of piperazine rings is 1. The summed E-state index contributed by atoms with van der Waals surface area (Å²) in [5, 5.41) is 2.74. The number of nitrogens with one attached hydrogen (secondary N) is 1. The third-order valence-corrected chi connectivity index (χ3v) is 5.43. The third-order valence-electron chi connectivity index (χ3n) is 5.43. The van der Waals surface area contributed by atoms with E-state index in [9.17, 15) is 9.59 Å². The lowest BCUT2D eigenvalue weighted by atomic mass is 10.2. The number of carbonyl (C=O) groups is 2. The largest absolute Gasteiger partial charge is 0.445 e. The standard InChI is InChI=1S/C26H27N3O4/c30-25(32-19-21-7-3-1-4-8-21)27-23-11-13-24(14-12-23)28-15-17-29(18-16-28)26(31)33-20-22-9-5-2-6-10-22/h1-14H,15-20H2,(H,27,30). The van der Waals surface area contributed by atoms with E-state index >= 15 is 0 Å². The normalized spacial score (nSPS) is 13.3. The topological polar surface area (TPSA) is 71.1 Å². The van der Waals surface area contributed by atoms with Gasteiger partial charge in [-0.1, -0.05) is 60.7 Å². The van der Waals surface area contributed by atoms with Crippen LogP contribution in [0.2, 0.25) is 0 Å². The van der Waals surface area contributed by atoms with Crippen molar-refractivity contribution in [3.05, 3.63) is 96.1 Å². The maximum atomic E-state index is 12.3. The molecule has 0 saturated carbocycles. The predicted octanol–water partition coefficient (Wildman–Crippen LogP) is 4.89. The van der Waals surface area contributed by atoms with Gasteiger partial charge in [0.15, 0.2) is 0 Å². The second-order valence-corrected chi connectivity index (χ2v) is 7.75. The lowest BCUT2D eigenvalue weighted by Gasteiger charge is -2.35. The van der Waals surface area contributed by atoms with Crippen molar-refractivity contribution in [1.29, 1.82) is 0 Å². The van der Waals surface area contributed by atoms with Gasteiger partial charge in [0.1, 0.15) is 13.2 Å². The molecule has 1 heterocycles. The molecule has 4 rings (SSSR count). The van der Waals surface area contributed by atoms with Crippen LogP contribution in [-0.2, 0) is 22.7 Å². The Hall–Kier alpha value is -4.00. The molecule has 0 bridgehead atoms. The fraction of sp³-hybridized carbons (Fsp3) is 0.231. The molecule has 1 N–H and O–H groups in total. The summed E-state index contributed by atoms with van der Waals surface area (Å²) >= 11 is 0. The first-order valence-corrected chi connectivity index (χ1v) is 11.0. The molecule has 0 unspecified atom stereocenters. The Kier molecular flexibility index (Phi) is 7.43. The summed E-state index contributed by atoms with van der Waals surface area (Å²) in [6.07, 6.45) is -0.777. The molecular formula is C26H27N3O4. The highest BCUT2D eigenvalue weighted by Crippen LogP contribution is 2.20. The fourth-order valence-electron chi connectivity index (χ4n) is 3.59. The van der Waals surface area contributed by atoms with Crippen LogP contribution in [0.4, 0.5) is 21.0 Å². The number of ether oxygens (including phenoxy) is 2. The highest BCUT2D eigenvalue weighted by atomic mass is 16.6. The molecule has 0 aromatic heterocycles. The lowest BCUT2D eigenvalue weighted by molar-refractivity contribution is 0.0942. The molecule has 33 heavy (non-hydrogen) atoms. The van der Waals surface area contributed by atoms with E-state index in [1.807, 2.05) is 84.9 Å². The van der Waals surface area contributed by atoms with Crippen LogP contribution in [0.1, 0.15) is 11.1 Å². The zero-order chi connectivity index (χ0) is 22.9. The van der Waals surface area contributed by atoms with Gasteiger partial charge in [0.05, 0.1) is 0 Å². The summed E-state index contributed by atoms with van der Waals surface area (Å²) in [6.45, 7) is 3.13. The van der Waals surface area contributed by atoms with E-state index in [0.29, 0.717) is 31.9 Å². The van der Waals surface area contributed by atoms with E-state index < -0.39 is 6.09 Å². The summed E-state index contributed by atoms with van der Waals surface area (Å²) in [5.74, 6) is 0. The van der Waals surface area contributed by atoms with E-state index in [0.717, 1.165) is 16.8 Å². The second kappa shape index (κ2) is 11.0. The number of anilines is 2. The molecule has 3 aromatic rings. The monoisotopic (exact) mass is 445 g/mol. The Morgan fingerprint density at radius 2 is 1.24 bits per heavy atom. The fourth-order valence-corrected chi connectivity index (χ4v) is 3.59. The number of nitrogens with zero attached hydrogens (tertiary/aromatic N) is 2. The molecule has 7 heteroatoms. The Morgan fingerprint density at radius 1 is 0.697 bits per heavy atom. The first kappa shape index (κ1) is 22.2. The average molecular weight is 446 g/mol. The molecule has 0 aliphatic carbocycles. The van der Waals surface area contributed by atoms with Gasteiger partial charge in [-0.15, -0.1) is 0 Å². The van der Waals surface area contributed by atoms with Crippen LogP contribution in [0, 0.1) is 0 Å². The maximum absolute atomic E-state index is 12.3. The molecule has 3 aromatic carbocycles. The van der Waals surface area contributed by atoms with Crippen LogP contribution in [-0.4, -0.2) is 43.3 Å². The minimum absolute atomic E-state index is 0.225. The van der Waals surface area contributed by atoms with Gasteiger partial charge >= 0.3 is 12.2 Å². The SMILES string of the molecule is O=C(Nc1ccc(N2CCN(C(=O)OCc3ccccc3)CC2)cc1)OCc1ccccc1. The number of hydrogen-bond acceptors (Lipinski definition) is 5. The van der Waals surface area contributed by atoms with Crippen molar-refractivity contribution in [2.24, 2.45) is 0 Å². The van der Waals surface area contributed by atoms with Crippen LogP contribution in [0.5, 0.6) is 0 Å². The quantitative estimate of drug-likeness (QED) is 0.585. The Morgan fingerprint density at radius 3 is 1.82 bits per heavy atom. The highest BCUT2D eigenvalue weighted by Gasteiger charge is 2.22. The van der Waals surface area contributed by atoms with Crippen molar-refractivity contribution in [3.63, 3.8) is 0 Å². The Balaban J connectivity index is 1.20. The van der Waals surface area contributed by atoms with Crippen LogP contribution >= 0.6 is 0 Å². The van der Waals surface area contributed by atoms with Crippen LogP contribution < -0.4 is 10.2 Å². The van der Waals surface area contributed by atoms with Gasteiger partial charge in [0, 0.05) is 37.6 Å². The Bertz CT molecular complexity index is 1030. The summed E-state index contributed by atoms with van der Waals surface area (Å²) in [4.78, 5) is 28.3. The van der Waals surface area contributed by atoms with Gasteiger partial charge in [-0.05, 0) is 35.4 Å². The van der Waals surface area contributed by atoms with Crippen LogP contribution in [0.3, 0.4) is 0 Å². The van der Waals surface area contributed by atoms with Crippen molar-refractivity contribution in [2.75, 3.05) is 36.4 Å². The van der Waals surface area contributed by atoms with Gasteiger partial charge in [-0.25, -0.2) is 9.59 Å². The van der Waals surface area contributed by atoms with Crippen molar-refractivity contribution < 1.29 is 19.1 Å². The van der Waals surface area contributed by atoms with Crippen molar-refractivity contribution >= 4 is 23.6 Å². The van der Waals surface area contributed by atoms with Crippen molar-refractivity contribution in [1.82, 2.24) is 4.90 Å². The molecule has 170 valence electrons. The second-order valence-electron chi connectivity index (χ2n) is 7.75. The summed E-state index contributed by atoms with van der Waals surface area (Å²) in [7, 11) is 0. The first-order chi connectivity index (χ1) is 16.2. The third kappa shape index (κ3) is 6.49. The van der Waals surface area contributed by atoms with E-state index in [2.05, 4.69) is 10.2 Å². The van der Waals surface area contributed by atoms with Gasteiger partial charge in [0.25, 0.3) is 0 Å². The van der Waals surface area contributed by atoms with E-state index in [1.165, 1.54) is 0 Å². The summed E-state index contributed by atoms with van der Waals surface area (Å²) in [6, 6.07) is 26.8. The molecule has 0 spiro atoms. The molecule has 1 saturated heterocycles. The number of rotatable bonds is 6. The number of carbonyl (C=O) groups excluding carboxylic acids is 2. The maximum Gasteiger partial charge on any atom is 0.411 e. The van der Waals surface area contributed by atoms with Gasteiger partial charge in [-0.3, -0.25) is 5.32 Å². The molecule has 1 fully saturated rings. The van der Waals surface area contributed by atoms with Crippen LogP contribution in [0.15, 0.2) is 84.9 Å². The zero-order valence-electron chi connectivity index (χ0n) is 18.4. The molecule has 1 aliphatic heterocycles. The van der Waals surface area contributed by atoms with Gasteiger partial charge in [0.2, 0.25) is 0 Å². The average Bonchev–Trinajstić information content (AvgIpc) is 2.88. The zero-order valence-corrected chi connectivity index (χ0v) is 18.4. The highest BCUT2D eigenvalue weighted by molar-refractivity contribution is 5.84. The molecule has 0 atom stereocenters. The van der Waals surface area contributed by atoms with Crippen molar-refractivity contribution in [3.8, 4) is 0 Å². The number of hydrogen-bond donors (Lipinski definition) is 1. The van der Waals surface area contributed by atoms with Gasteiger partial charge < -0.3 is 19.3 Å². The minimum Gasteiger partial charge on any atom is -0.445 e. The molecule has 2 amide bonds. The minimum atomic E-state index is -0.491. The number of benzene rings is 3. The predicted molar refractivity (Wildman–Crippen MR) is 127 cm³/mol. The lowest BCUT2D eigenvalue weighted by Crippen LogP contribution is -2.48. The van der Waals surface area contributed by atoms with Crippen LogP contribution in [0.25, 0.3) is 0 Å². The van der Waals surface area contributed by atoms with Crippen molar-refractivity contribution in [2.45, 2.75) is 13.2 Å². The van der Waals surface area contributed by atoms with E-state index in [4.69, 9.17) is 9.47 Å². The molecule has 1 aliphatic rings. The van der Waals surface area contributed by atoms with Gasteiger partial charge in [-0.2, -0.15) is 0 Å².